The lowest BCUT2D eigenvalue weighted by molar-refractivity contribution is -0.136. The Kier molecular flexibility index (Phi) is 4.15. The van der Waals surface area contributed by atoms with Crippen molar-refractivity contribution in [2.75, 3.05) is 0 Å². The molecule has 1 rings (SSSR count). The fourth-order valence-corrected chi connectivity index (χ4v) is 1.84. The van der Waals surface area contributed by atoms with Gasteiger partial charge in [-0.3, -0.25) is 9.78 Å². The first-order chi connectivity index (χ1) is 6.93. The van der Waals surface area contributed by atoms with Crippen molar-refractivity contribution >= 4 is 37.8 Å². The lowest BCUT2D eigenvalue weighted by Crippen LogP contribution is -2.07. The van der Waals surface area contributed by atoms with Crippen molar-refractivity contribution in [2.45, 2.75) is 12.8 Å². The largest absolute Gasteiger partial charge is 0.481 e. The van der Waals surface area contributed by atoms with E-state index in [1.807, 2.05) is 0 Å². The molecule has 82 valence electrons. The summed E-state index contributed by atoms with van der Waals surface area (Å²) in [6.07, 6.45) is -2.00. The van der Waals surface area contributed by atoms with E-state index in [4.69, 9.17) is 5.11 Å². The van der Waals surface area contributed by atoms with Gasteiger partial charge in [0, 0.05) is 10.7 Å². The molecule has 0 unspecified atom stereocenters. The Labute approximate surface area is 101 Å². The number of alkyl halides is 2. The molecule has 0 radical (unpaired) electrons. The Hall–Kier alpha value is -0.560. The van der Waals surface area contributed by atoms with Crippen LogP contribution in [0.25, 0.3) is 0 Å². The van der Waals surface area contributed by atoms with Gasteiger partial charge in [0.25, 0.3) is 6.43 Å². The highest BCUT2D eigenvalue weighted by Gasteiger charge is 2.21. The predicted molar refractivity (Wildman–Crippen MR) is 55.9 cm³/mol. The molecule has 0 bridgehead atoms. The minimum absolute atomic E-state index is 0.132. The van der Waals surface area contributed by atoms with Crippen molar-refractivity contribution in [1.29, 1.82) is 0 Å². The number of carboxylic acids is 1. The third kappa shape index (κ3) is 2.94. The van der Waals surface area contributed by atoms with Crippen LogP contribution in [-0.2, 0) is 11.2 Å². The summed E-state index contributed by atoms with van der Waals surface area (Å²) >= 11 is 5.99. The Morgan fingerprint density at radius 1 is 1.53 bits per heavy atom. The molecule has 0 fully saturated rings. The van der Waals surface area contributed by atoms with E-state index in [0.717, 1.165) is 0 Å². The maximum atomic E-state index is 12.6. The van der Waals surface area contributed by atoms with Gasteiger partial charge in [-0.05, 0) is 31.9 Å². The number of carbonyl (C=O) groups is 1. The molecular weight excluding hydrogens is 340 g/mol. The van der Waals surface area contributed by atoms with Crippen LogP contribution in [0.2, 0.25) is 0 Å². The number of nitrogens with zero attached hydrogens (tertiary/aromatic N) is 1. The molecule has 7 heteroatoms. The Morgan fingerprint density at radius 2 is 2.13 bits per heavy atom. The molecule has 0 amide bonds. The number of pyridine rings is 1. The maximum Gasteiger partial charge on any atom is 0.309 e. The Balaban J connectivity index is 3.26. The van der Waals surface area contributed by atoms with E-state index < -0.39 is 18.8 Å². The highest BCUT2D eigenvalue weighted by molar-refractivity contribution is 9.13. The standard InChI is InChI=1S/C8H5Br2F2NO2/c9-3-2-13-4(1-5(14)15)6(7(3)10)8(11)12/h2,8H,1H2,(H,14,15). The summed E-state index contributed by atoms with van der Waals surface area (Å²) < 4.78 is 25.8. The molecule has 1 aromatic rings. The van der Waals surface area contributed by atoms with Gasteiger partial charge in [0.2, 0.25) is 0 Å². The molecular formula is C8H5Br2F2NO2. The van der Waals surface area contributed by atoms with Crippen LogP contribution < -0.4 is 0 Å². The minimum Gasteiger partial charge on any atom is -0.481 e. The van der Waals surface area contributed by atoms with E-state index in [2.05, 4.69) is 36.8 Å². The van der Waals surface area contributed by atoms with E-state index in [0.29, 0.717) is 4.47 Å². The quantitative estimate of drug-likeness (QED) is 0.916. The van der Waals surface area contributed by atoms with Crippen LogP contribution in [0, 0.1) is 0 Å². The monoisotopic (exact) mass is 343 g/mol. The highest BCUT2D eigenvalue weighted by Crippen LogP contribution is 2.34. The van der Waals surface area contributed by atoms with Crippen molar-refractivity contribution in [1.82, 2.24) is 4.98 Å². The summed E-state index contributed by atoms with van der Waals surface area (Å²) in [5, 5.41) is 8.52. The SMILES string of the molecule is O=C(O)Cc1ncc(Br)c(Br)c1C(F)F. The molecule has 1 N–H and O–H groups in total. The lowest BCUT2D eigenvalue weighted by atomic mass is 10.1. The maximum absolute atomic E-state index is 12.6. The third-order valence-electron chi connectivity index (χ3n) is 1.63. The smallest absolute Gasteiger partial charge is 0.309 e. The van der Waals surface area contributed by atoms with Crippen LogP contribution >= 0.6 is 31.9 Å². The predicted octanol–water partition coefficient (Wildman–Crippen LogP) is 3.17. The zero-order valence-electron chi connectivity index (χ0n) is 7.18. The molecule has 0 saturated carbocycles. The van der Waals surface area contributed by atoms with Gasteiger partial charge in [0.1, 0.15) is 0 Å². The average Bonchev–Trinajstić information content (AvgIpc) is 2.10. The molecule has 0 aromatic carbocycles. The zero-order chi connectivity index (χ0) is 11.6. The molecule has 1 heterocycles. The summed E-state index contributed by atoms with van der Waals surface area (Å²) in [6, 6.07) is 0. The van der Waals surface area contributed by atoms with Gasteiger partial charge in [0.15, 0.2) is 0 Å². The second kappa shape index (κ2) is 4.98. The van der Waals surface area contributed by atoms with Crippen LogP contribution in [0.3, 0.4) is 0 Å². The molecule has 0 atom stereocenters. The Bertz CT molecular complexity index is 398. The topological polar surface area (TPSA) is 50.2 Å². The number of aromatic nitrogens is 1. The van der Waals surface area contributed by atoms with Gasteiger partial charge in [-0.2, -0.15) is 0 Å². The van der Waals surface area contributed by atoms with Crippen molar-refractivity contribution in [2.24, 2.45) is 0 Å². The zero-order valence-corrected chi connectivity index (χ0v) is 10.3. The van der Waals surface area contributed by atoms with E-state index in [1.54, 1.807) is 0 Å². The lowest BCUT2D eigenvalue weighted by Gasteiger charge is -2.09. The highest BCUT2D eigenvalue weighted by atomic mass is 79.9. The first-order valence-corrected chi connectivity index (χ1v) is 5.34. The van der Waals surface area contributed by atoms with E-state index in [-0.39, 0.29) is 15.7 Å². The average molecular weight is 345 g/mol. The molecule has 15 heavy (non-hydrogen) atoms. The van der Waals surface area contributed by atoms with Crippen LogP contribution in [0.5, 0.6) is 0 Å². The van der Waals surface area contributed by atoms with Crippen molar-refractivity contribution < 1.29 is 18.7 Å². The van der Waals surface area contributed by atoms with Gasteiger partial charge in [-0.25, -0.2) is 8.78 Å². The van der Waals surface area contributed by atoms with Crippen molar-refractivity contribution in [3.8, 4) is 0 Å². The number of hydrogen-bond donors (Lipinski definition) is 1. The fourth-order valence-electron chi connectivity index (χ4n) is 1.02. The van der Waals surface area contributed by atoms with Crippen LogP contribution in [-0.4, -0.2) is 16.1 Å². The molecule has 3 nitrogen and oxygen atoms in total. The number of halogens is 4. The number of hydrogen-bond acceptors (Lipinski definition) is 2. The molecule has 0 aliphatic rings. The van der Waals surface area contributed by atoms with Gasteiger partial charge in [-0.15, -0.1) is 0 Å². The molecule has 0 aliphatic heterocycles. The summed E-state index contributed by atoms with van der Waals surface area (Å²) in [4.78, 5) is 14.1. The van der Waals surface area contributed by atoms with Gasteiger partial charge in [-0.1, -0.05) is 0 Å². The second-order valence-electron chi connectivity index (χ2n) is 2.65. The second-order valence-corrected chi connectivity index (χ2v) is 4.30. The molecule has 0 aliphatic carbocycles. The summed E-state index contributed by atoms with van der Waals surface area (Å²) in [7, 11) is 0. The first-order valence-electron chi connectivity index (χ1n) is 3.76. The molecule has 0 saturated heterocycles. The molecule has 1 aromatic heterocycles. The number of carboxylic acid groups (broad SMARTS) is 1. The summed E-state index contributed by atoms with van der Waals surface area (Å²) in [5.74, 6) is -1.20. The normalized spacial score (nSPS) is 10.7. The molecule has 0 spiro atoms. The van der Waals surface area contributed by atoms with E-state index in [1.165, 1.54) is 6.20 Å². The first kappa shape index (κ1) is 12.5. The fraction of sp³-hybridized carbons (Fsp3) is 0.250. The van der Waals surface area contributed by atoms with Crippen LogP contribution in [0.1, 0.15) is 17.7 Å². The van der Waals surface area contributed by atoms with Crippen LogP contribution in [0.4, 0.5) is 8.78 Å². The van der Waals surface area contributed by atoms with E-state index >= 15 is 0 Å². The van der Waals surface area contributed by atoms with Gasteiger partial charge in [0.05, 0.1) is 22.2 Å². The van der Waals surface area contributed by atoms with Crippen LogP contribution in [0.15, 0.2) is 15.1 Å². The van der Waals surface area contributed by atoms with Gasteiger partial charge < -0.3 is 5.11 Å². The van der Waals surface area contributed by atoms with E-state index in [9.17, 15) is 13.6 Å². The summed E-state index contributed by atoms with van der Waals surface area (Å²) in [5.41, 5.74) is -0.514. The van der Waals surface area contributed by atoms with Crippen molar-refractivity contribution in [3.05, 3.63) is 26.4 Å². The third-order valence-corrected chi connectivity index (χ3v) is 3.62. The van der Waals surface area contributed by atoms with Gasteiger partial charge >= 0.3 is 5.97 Å². The van der Waals surface area contributed by atoms with Crippen molar-refractivity contribution in [3.63, 3.8) is 0 Å². The Morgan fingerprint density at radius 3 is 2.60 bits per heavy atom. The number of aliphatic carboxylic acids is 1. The minimum atomic E-state index is -2.77. The summed E-state index contributed by atoms with van der Waals surface area (Å²) in [6.45, 7) is 0. The number of rotatable bonds is 3.